The number of rotatable bonds is 4. The lowest BCUT2D eigenvalue weighted by Crippen LogP contribution is -2.22. The van der Waals surface area contributed by atoms with Crippen molar-refractivity contribution >= 4 is 23.1 Å². The molecule has 0 atom stereocenters. The van der Waals surface area contributed by atoms with E-state index in [2.05, 4.69) is 5.32 Å². The number of benzene rings is 1. The number of hydrogen-bond donors (Lipinski definition) is 1. The van der Waals surface area contributed by atoms with Gasteiger partial charge in [0.15, 0.2) is 5.78 Å². The van der Waals surface area contributed by atoms with E-state index in [-0.39, 0.29) is 5.78 Å². The summed E-state index contributed by atoms with van der Waals surface area (Å²) >= 11 is 6.03. The lowest BCUT2D eigenvalue weighted by Gasteiger charge is -2.17. The first kappa shape index (κ1) is 12.0. The van der Waals surface area contributed by atoms with Crippen LogP contribution < -0.4 is 10.2 Å². The van der Waals surface area contributed by atoms with E-state index in [4.69, 9.17) is 11.6 Å². The van der Waals surface area contributed by atoms with Crippen LogP contribution in [0.3, 0.4) is 0 Å². The number of halogens is 1. The van der Waals surface area contributed by atoms with E-state index < -0.39 is 0 Å². The smallest absolute Gasteiger partial charge is 0.180 e. The SMILES string of the molecule is CNCC(=O)c1c(Cl)cccc1N(C)C. The van der Waals surface area contributed by atoms with Crippen LogP contribution in [0.2, 0.25) is 5.02 Å². The Hall–Kier alpha value is -1.06. The quantitative estimate of drug-likeness (QED) is 0.795. The molecule has 15 heavy (non-hydrogen) atoms. The number of ketones is 1. The molecule has 1 aromatic carbocycles. The van der Waals surface area contributed by atoms with Gasteiger partial charge < -0.3 is 10.2 Å². The highest BCUT2D eigenvalue weighted by Crippen LogP contribution is 2.26. The predicted molar refractivity (Wildman–Crippen MR) is 64.0 cm³/mol. The van der Waals surface area contributed by atoms with Crippen LogP contribution in [0.25, 0.3) is 0 Å². The number of Topliss-reactive ketones (excluding diaryl/α,β-unsaturated/α-hetero) is 1. The first-order valence-corrected chi connectivity index (χ1v) is 5.09. The molecule has 82 valence electrons. The summed E-state index contributed by atoms with van der Waals surface area (Å²) in [5.41, 5.74) is 1.43. The van der Waals surface area contributed by atoms with Crippen LogP contribution in [-0.2, 0) is 0 Å². The molecule has 0 aliphatic carbocycles. The minimum absolute atomic E-state index is 0.00630. The summed E-state index contributed by atoms with van der Waals surface area (Å²) in [7, 11) is 5.52. The van der Waals surface area contributed by atoms with E-state index in [0.717, 1.165) is 5.69 Å². The van der Waals surface area contributed by atoms with Crippen LogP contribution in [-0.4, -0.2) is 33.5 Å². The second-order valence-electron chi connectivity index (χ2n) is 3.48. The molecule has 0 aliphatic heterocycles. The number of nitrogens with zero attached hydrogens (tertiary/aromatic N) is 1. The topological polar surface area (TPSA) is 32.3 Å². The highest BCUT2D eigenvalue weighted by Gasteiger charge is 2.15. The molecule has 4 heteroatoms. The average Bonchev–Trinajstić information content (AvgIpc) is 2.17. The zero-order valence-electron chi connectivity index (χ0n) is 9.17. The van der Waals surface area contributed by atoms with Gasteiger partial charge in [-0.05, 0) is 19.2 Å². The van der Waals surface area contributed by atoms with Crippen molar-refractivity contribution in [3.05, 3.63) is 28.8 Å². The Morgan fingerprint density at radius 1 is 1.47 bits per heavy atom. The Labute approximate surface area is 95.0 Å². The Kier molecular flexibility index (Phi) is 4.12. The second kappa shape index (κ2) is 5.14. The minimum atomic E-state index is 0.00630. The van der Waals surface area contributed by atoms with Crippen molar-refractivity contribution in [2.75, 3.05) is 32.6 Å². The summed E-state index contributed by atoms with van der Waals surface area (Å²) in [6, 6.07) is 5.46. The van der Waals surface area contributed by atoms with Crippen molar-refractivity contribution in [3.63, 3.8) is 0 Å². The van der Waals surface area contributed by atoms with Gasteiger partial charge in [-0.3, -0.25) is 4.79 Å². The third kappa shape index (κ3) is 2.70. The molecule has 1 aromatic rings. The van der Waals surface area contributed by atoms with Crippen LogP contribution in [0.1, 0.15) is 10.4 Å². The summed E-state index contributed by atoms with van der Waals surface area (Å²) in [6.07, 6.45) is 0. The largest absolute Gasteiger partial charge is 0.377 e. The molecule has 1 N–H and O–H groups in total. The Balaban J connectivity index is 3.18. The van der Waals surface area contributed by atoms with Crippen LogP contribution >= 0.6 is 11.6 Å². The zero-order valence-corrected chi connectivity index (χ0v) is 9.93. The minimum Gasteiger partial charge on any atom is -0.377 e. The van der Waals surface area contributed by atoms with E-state index in [1.54, 1.807) is 13.1 Å². The molecule has 3 nitrogen and oxygen atoms in total. The molecule has 0 unspecified atom stereocenters. The number of carbonyl (C=O) groups is 1. The predicted octanol–water partition coefficient (Wildman–Crippen LogP) is 1.81. The maximum Gasteiger partial charge on any atom is 0.180 e. The van der Waals surface area contributed by atoms with Crippen molar-refractivity contribution in [2.45, 2.75) is 0 Å². The monoisotopic (exact) mass is 226 g/mol. The summed E-state index contributed by atoms with van der Waals surface area (Å²) in [4.78, 5) is 13.7. The number of likely N-dealkylation sites (N-methyl/N-ethyl adjacent to an activating group) is 1. The molecular weight excluding hydrogens is 212 g/mol. The fraction of sp³-hybridized carbons (Fsp3) is 0.364. The molecule has 1 rings (SSSR count). The fourth-order valence-electron chi connectivity index (χ4n) is 1.41. The molecule has 0 saturated heterocycles. The van der Waals surface area contributed by atoms with Crippen molar-refractivity contribution in [3.8, 4) is 0 Å². The molecule has 0 saturated carbocycles. The van der Waals surface area contributed by atoms with Gasteiger partial charge in [0, 0.05) is 19.8 Å². The number of anilines is 1. The van der Waals surface area contributed by atoms with Crippen LogP contribution in [0, 0.1) is 0 Å². The normalized spacial score (nSPS) is 10.1. The van der Waals surface area contributed by atoms with E-state index in [1.807, 2.05) is 31.1 Å². The van der Waals surface area contributed by atoms with Gasteiger partial charge in [0.25, 0.3) is 0 Å². The lowest BCUT2D eigenvalue weighted by molar-refractivity contribution is 0.0994. The van der Waals surface area contributed by atoms with Crippen molar-refractivity contribution < 1.29 is 4.79 Å². The highest BCUT2D eigenvalue weighted by molar-refractivity contribution is 6.34. The first-order chi connectivity index (χ1) is 7.07. The summed E-state index contributed by atoms with van der Waals surface area (Å²) in [5, 5.41) is 3.33. The third-order valence-electron chi connectivity index (χ3n) is 2.09. The molecular formula is C11H15ClN2O. The maximum atomic E-state index is 11.8. The summed E-state index contributed by atoms with van der Waals surface area (Å²) in [6.45, 7) is 0.296. The standard InChI is InChI=1S/C11H15ClN2O/c1-13-7-10(15)11-8(12)5-4-6-9(11)14(2)3/h4-6,13H,7H2,1-3H3. The number of nitrogens with one attached hydrogen (secondary N) is 1. The first-order valence-electron chi connectivity index (χ1n) is 4.71. The van der Waals surface area contributed by atoms with Crippen molar-refractivity contribution in [1.82, 2.24) is 5.32 Å². The van der Waals surface area contributed by atoms with Gasteiger partial charge in [-0.2, -0.15) is 0 Å². The molecule has 0 fully saturated rings. The lowest BCUT2D eigenvalue weighted by atomic mass is 10.1. The number of hydrogen-bond acceptors (Lipinski definition) is 3. The van der Waals surface area contributed by atoms with E-state index in [1.165, 1.54) is 0 Å². The van der Waals surface area contributed by atoms with Gasteiger partial charge in [0.2, 0.25) is 0 Å². The van der Waals surface area contributed by atoms with Gasteiger partial charge in [0.05, 0.1) is 17.1 Å². The summed E-state index contributed by atoms with van der Waals surface area (Å²) < 4.78 is 0. The Morgan fingerprint density at radius 3 is 2.67 bits per heavy atom. The van der Waals surface area contributed by atoms with Gasteiger partial charge in [0.1, 0.15) is 0 Å². The maximum absolute atomic E-state index is 11.8. The molecule has 0 aliphatic rings. The molecule has 0 aromatic heterocycles. The van der Waals surface area contributed by atoms with E-state index in [9.17, 15) is 4.79 Å². The van der Waals surface area contributed by atoms with Gasteiger partial charge in [-0.25, -0.2) is 0 Å². The molecule has 0 spiro atoms. The van der Waals surface area contributed by atoms with Crippen LogP contribution in [0.15, 0.2) is 18.2 Å². The second-order valence-corrected chi connectivity index (χ2v) is 3.89. The molecule has 0 radical (unpaired) electrons. The van der Waals surface area contributed by atoms with Crippen LogP contribution in [0.5, 0.6) is 0 Å². The zero-order chi connectivity index (χ0) is 11.4. The fourth-order valence-corrected chi connectivity index (χ4v) is 1.69. The van der Waals surface area contributed by atoms with E-state index >= 15 is 0 Å². The van der Waals surface area contributed by atoms with Crippen LogP contribution in [0.4, 0.5) is 5.69 Å². The van der Waals surface area contributed by atoms with Crippen molar-refractivity contribution in [1.29, 1.82) is 0 Å². The van der Waals surface area contributed by atoms with E-state index in [0.29, 0.717) is 17.1 Å². The summed E-state index contributed by atoms with van der Waals surface area (Å²) in [5.74, 6) is 0.00630. The molecule has 0 amide bonds. The Bertz CT molecular complexity index is 364. The van der Waals surface area contributed by atoms with Gasteiger partial charge >= 0.3 is 0 Å². The van der Waals surface area contributed by atoms with Gasteiger partial charge in [-0.1, -0.05) is 17.7 Å². The van der Waals surface area contributed by atoms with Gasteiger partial charge in [-0.15, -0.1) is 0 Å². The third-order valence-corrected chi connectivity index (χ3v) is 2.40. The van der Waals surface area contributed by atoms with Crippen molar-refractivity contribution in [2.24, 2.45) is 0 Å². The number of carbonyl (C=O) groups excluding carboxylic acids is 1. The molecule has 0 heterocycles. The Morgan fingerprint density at radius 2 is 2.13 bits per heavy atom. The highest BCUT2D eigenvalue weighted by atomic mass is 35.5. The average molecular weight is 227 g/mol. The molecule has 0 bridgehead atoms.